The molecule has 28 heavy (non-hydrogen) atoms. The van der Waals surface area contributed by atoms with Crippen LogP contribution in [0.25, 0.3) is 10.8 Å². The minimum Gasteiger partial charge on any atom is -0.350 e. The van der Waals surface area contributed by atoms with E-state index in [-0.39, 0.29) is 11.3 Å². The molecule has 0 atom stereocenters. The van der Waals surface area contributed by atoms with Crippen molar-refractivity contribution < 1.29 is 4.79 Å². The van der Waals surface area contributed by atoms with Crippen LogP contribution in [0.4, 0.5) is 0 Å². The number of aromatic nitrogens is 4. The van der Waals surface area contributed by atoms with Crippen LogP contribution in [-0.2, 0) is 5.41 Å². The molecule has 3 aromatic rings. The van der Waals surface area contributed by atoms with E-state index in [0.29, 0.717) is 27.9 Å². The van der Waals surface area contributed by atoms with E-state index in [1.165, 1.54) is 36.2 Å². The number of aryl methyl sites for hydroxylation is 1. The fraction of sp³-hybridized carbons (Fsp3) is 0.381. The number of hydrogen-bond donors (Lipinski definition) is 1. The zero-order chi connectivity index (χ0) is 19.4. The number of pyridine rings is 1. The first-order valence-electron chi connectivity index (χ1n) is 9.61. The standard InChI is InChI=1S/C21H23N5OS/c1-15-17(28-20(26-15)18-23-11-6-12-24-18)19(27)25-14-21(8-3-2-4-9-21)16-7-5-10-22-13-16/h5-7,10-13H,2-4,8-9,14H2,1H3,(H,25,27). The van der Waals surface area contributed by atoms with E-state index in [2.05, 4.69) is 31.3 Å². The molecule has 1 aliphatic rings. The molecule has 1 saturated carbocycles. The van der Waals surface area contributed by atoms with Crippen molar-refractivity contribution in [1.29, 1.82) is 0 Å². The van der Waals surface area contributed by atoms with Crippen molar-refractivity contribution >= 4 is 17.2 Å². The Bertz CT molecular complexity index is 936. The molecule has 0 saturated heterocycles. The number of carbonyl (C=O) groups is 1. The highest BCUT2D eigenvalue weighted by Crippen LogP contribution is 2.38. The first-order valence-corrected chi connectivity index (χ1v) is 10.4. The maximum absolute atomic E-state index is 12.9. The van der Waals surface area contributed by atoms with Gasteiger partial charge in [0.25, 0.3) is 5.91 Å². The Balaban J connectivity index is 1.52. The Morgan fingerprint density at radius 1 is 1.14 bits per heavy atom. The lowest BCUT2D eigenvalue weighted by atomic mass is 9.70. The largest absolute Gasteiger partial charge is 0.350 e. The summed E-state index contributed by atoms with van der Waals surface area (Å²) >= 11 is 1.34. The Labute approximate surface area is 168 Å². The average Bonchev–Trinajstić information content (AvgIpc) is 3.16. The summed E-state index contributed by atoms with van der Waals surface area (Å²) in [6.07, 6.45) is 12.9. The molecule has 1 N–H and O–H groups in total. The summed E-state index contributed by atoms with van der Waals surface area (Å²) in [5, 5.41) is 3.85. The zero-order valence-electron chi connectivity index (χ0n) is 15.9. The predicted molar refractivity (Wildman–Crippen MR) is 109 cm³/mol. The Morgan fingerprint density at radius 2 is 1.93 bits per heavy atom. The van der Waals surface area contributed by atoms with Crippen molar-refractivity contribution in [3.63, 3.8) is 0 Å². The summed E-state index contributed by atoms with van der Waals surface area (Å²) < 4.78 is 0. The number of nitrogens with one attached hydrogen (secondary N) is 1. The van der Waals surface area contributed by atoms with E-state index in [1.54, 1.807) is 24.7 Å². The second kappa shape index (κ2) is 8.14. The van der Waals surface area contributed by atoms with Gasteiger partial charge in [-0.25, -0.2) is 15.0 Å². The van der Waals surface area contributed by atoms with Crippen LogP contribution < -0.4 is 5.32 Å². The molecule has 144 valence electrons. The minimum atomic E-state index is -0.0778. The molecular formula is C21H23N5OS. The second-order valence-corrected chi connectivity index (χ2v) is 8.27. The van der Waals surface area contributed by atoms with Gasteiger partial charge in [0.05, 0.1) is 5.69 Å². The number of carbonyl (C=O) groups excluding carboxylic acids is 1. The fourth-order valence-electron chi connectivity index (χ4n) is 3.91. The van der Waals surface area contributed by atoms with Gasteiger partial charge in [-0.2, -0.15) is 0 Å². The zero-order valence-corrected chi connectivity index (χ0v) is 16.7. The van der Waals surface area contributed by atoms with Crippen LogP contribution in [0, 0.1) is 6.92 Å². The molecule has 6 nitrogen and oxygen atoms in total. The van der Waals surface area contributed by atoms with Crippen LogP contribution >= 0.6 is 11.3 Å². The summed E-state index contributed by atoms with van der Waals surface area (Å²) in [5.74, 6) is 0.472. The monoisotopic (exact) mass is 393 g/mol. The molecule has 1 fully saturated rings. The van der Waals surface area contributed by atoms with Crippen molar-refractivity contribution in [2.24, 2.45) is 0 Å². The summed E-state index contributed by atoms with van der Waals surface area (Å²) in [7, 11) is 0. The van der Waals surface area contributed by atoms with Crippen molar-refractivity contribution in [2.45, 2.75) is 44.4 Å². The topological polar surface area (TPSA) is 80.7 Å². The van der Waals surface area contributed by atoms with Gasteiger partial charge in [0.2, 0.25) is 0 Å². The minimum absolute atomic E-state index is 0.0356. The van der Waals surface area contributed by atoms with Gasteiger partial charge in [0.15, 0.2) is 10.8 Å². The first-order chi connectivity index (χ1) is 13.7. The normalized spacial score (nSPS) is 15.9. The van der Waals surface area contributed by atoms with E-state index in [9.17, 15) is 4.79 Å². The Morgan fingerprint density at radius 3 is 2.64 bits per heavy atom. The molecule has 0 radical (unpaired) electrons. The Kier molecular flexibility index (Phi) is 5.43. The highest BCUT2D eigenvalue weighted by atomic mass is 32.1. The maximum Gasteiger partial charge on any atom is 0.263 e. The average molecular weight is 394 g/mol. The molecule has 1 amide bonds. The van der Waals surface area contributed by atoms with Gasteiger partial charge in [0, 0.05) is 36.7 Å². The summed E-state index contributed by atoms with van der Waals surface area (Å²) in [4.78, 5) is 30.8. The van der Waals surface area contributed by atoms with Gasteiger partial charge in [-0.1, -0.05) is 25.3 Å². The van der Waals surface area contributed by atoms with Crippen molar-refractivity contribution in [3.05, 3.63) is 59.1 Å². The van der Waals surface area contributed by atoms with E-state index < -0.39 is 0 Å². The molecule has 0 unspecified atom stereocenters. The van der Waals surface area contributed by atoms with Gasteiger partial charge in [-0.3, -0.25) is 9.78 Å². The van der Waals surface area contributed by atoms with Gasteiger partial charge < -0.3 is 5.32 Å². The highest BCUT2D eigenvalue weighted by Gasteiger charge is 2.34. The van der Waals surface area contributed by atoms with Crippen LogP contribution in [0.1, 0.15) is 53.0 Å². The predicted octanol–water partition coefficient (Wildman–Crippen LogP) is 3.94. The number of rotatable bonds is 5. The van der Waals surface area contributed by atoms with Crippen LogP contribution in [-0.4, -0.2) is 32.4 Å². The van der Waals surface area contributed by atoms with E-state index >= 15 is 0 Å². The SMILES string of the molecule is Cc1nc(-c2ncccn2)sc1C(=O)NCC1(c2cccnc2)CCCCC1. The lowest BCUT2D eigenvalue weighted by Gasteiger charge is -2.37. The van der Waals surface area contributed by atoms with Gasteiger partial charge in [-0.05, 0) is 37.5 Å². The summed E-state index contributed by atoms with van der Waals surface area (Å²) in [6, 6.07) is 5.87. The number of nitrogens with zero attached hydrogens (tertiary/aromatic N) is 4. The van der Waals surface area contributed by atoms with Crippen molar-refractivity contribution in [1.82, 2.24) is 25.3 Å². The molecule has 1 aliphatic carbocycles. The third-order valence-electron chi connectivity index (χ3n) is 5.43. The van der Waals surface area contributed by atoms with E-state index in [1.807, 2.05) is 19.2 Å². The number of hydrogen-bond acceptors (Lipinski definition) is 6. The third-order valence-corrected chi connectivity index (χ3v) is 6.58. The van der Waals surface area contributed by atoms with Gasteiger partial charge in [0.1, 0.15) is 4.88 Å². The molecule has 4 rings (SSSR count). The molecular weight excluding hydrogens is 370 g/mol. The lowest BCUT2D eigenvalue weighted by Crippen LogP contribution is -2.42. The highest BCUT2D eigenvalue weighted by molar-refractivity contribution is 7.17. The molecule has 3 heterocycles. The smallest absolute Gasteiger partial charge is 0.263 e. The Hall–Kier alpha value is -2.67. The van der Waals surface area contributed by atoms with Crippen LogP contribution in [0.5, 0.6) is 0 Å². The quantitative estimate of drug-likeness (QED) is 0.710. The number of thiazole rings is 1. The molecule has 7 heteroatoms. The third kappa shape index (κ3) is 3.80. The summed E-state index contributed by atoms with van der Waals surface area (Å²) in [5.41, 5.74) is 1.89. The van der Waals surface area contributed by atoms with Gasteiger partial charge in [-0.15, -0.1) is 11.3 Å². The first kappa shape index (κ1) is 18.7. The van der Waals surface area contributed by atoms with E-state index in [4.69, 9.17) is 0 Å². The maximum atomic E-state index is 12.9. The van der Waals surface area contributed by atoms with Crippen molar-refractivity contribution in [2.75, 3.05) is 6.54 Å². The molecule has 0 aliphatic heterocycles. The number of amides is 1. The van der Waals surface area contributed by atoms with Crippen molar-refractivity contribution in [3.8, 4) is 10.8 Å². The van der Waals surface area contributed by atoms with Gasteiger partial charge >= 0.3 is 0 Å². The lowest BCUT2D eigenvalue weighted by molar-refractivity contribution is 0.0940. The fourth-order valence-corrected chi connectivity index (χ4v) is 4.85. The second-order valence-electron chi connectivity index (χ2n) is 7.27. The molecule has 0 aromatic carbocycles. The van der Waals surface area contributed by atoms with Crippen LogP contribution in [0.2, 0.25) is 0 Å². The summed E-state index contributed by atoms with van der Waals surface area (Å²) in [6.45, 7) is 2.47. The van der Waals surface area contributed by atoms with E-state index in [0.717, 1.165) is 12.8 Å². The molecule has 0 bridgehead atoms. The molecule has 0 spiro atoms. The van der Waals surface area contributed by atoms with Crippen LogP contribution in [0.3, 0.4) is 0 Å². The van der Waals surface area contributed by atoms with Crippen LogP contribution in [0.15, 0.2) is 43.0 Å². The molecule has 3 aromatic heterocycles.